The maximum absolute atomic E-state index is 6.78. The van der Waals surface area contributed by atoms with Gasteiger partial charge in [-0.1, -0.05) is 279 Å². The molecule has 0 unspecified atom stereocenters. The molecule has 0 aliphatic heterocycles. The van der Waals surface area contributed by atoms with E-state index in [-0.39, 0.29) is 0 Å². The maximum Gasteiger partial charge on any atom is 0.160 e. The van der Waals surface area contributed by atoms with Crippen molar-refractivity contribution in [2.24, 2.45) is 0 Å². The van der Waals surface area contributed by atoms with Crippen molar-refractivity contribution in [2.45, 2.75) is 0 Å². The van der Waals surface area contributed by atoms with Gasteiger partial charge in [-0.15, -0.1) is 0 Å². The Morgan fingerprint density at radius 1 is 0.176 bits per heavy atom. The Morgan fingerprint density at radius 3 is 1.15 bits per heavy atom. The van der Waals surface area contributed by atoms with Crippen LogP contribution < -0.4 is 9.80 Å². The summed E-state index contributed by atoms with van der Waals surface area (Å²) in [7, 11) is 0. The van der Waals surface area contributed by atoms with Gasteiger partial charge in [-0.2, -0.15) is 0 Å². The molecule has 17 aromatic carbocycles. The number of rotatable bonds is 10. The summed E-state index contributed by atoms with van der Waals surface area (Å²) in [4.78, 5) is 4.65. The Bertz CT molecular complexity index is 6820. The first kappa shape index (κ1) is 58.5. The molecular formula is C96H60N2O4. The molecule has 0 atom stereocenters. The average molecular weight is 1310 g/mol. The second-order valence-electron chi connectivity index (χ2n) is 26.2. The monoisotopic (exact) mass is 1300 g/mol. The van der Waals surface area contributed by atoms with E-state index >= 15 is 0 Å². The fourth-order valence-electron chi connectivity index (χ4n) is 15.6. The van der Waals surface area contributed by atoms with E-state index in [1.807, 2.05) is 18.2 Å². The largest absolute Gasteiger partial charge is 0.455 e. The van der Waals surface area contributed by atoms with Crippen LogP contribution in [-0.4, -0.2) is 0 Å². The standard InChI is InChI=1S/C50H31NO2.C46H29NO2/c1-2-12-32(13-3-1)35-16-10-17-38(30-35)51(44-31-36-15-5-7-19-40(36)48-42-20-8-9-23-45(42)52-50(44)48)37-27-24-34(25-28-37)41-21-11-22-43-47-39-18-6-4-14-33(39)26-29-46(47)53-49(41)43;1-2-11-30(12-3-1)33-14-8-15-35(29-33)47(41-21-10-20-40-44-36-16-5-4-13-31(36)25-28-43(44)49-46(40)41)34-26-23-32(24-27-34)37-18-9-19-39-38-17-6-7-22-42(38)48-45(37)39/h1-31H;1-29H. The van der Waals surface area contributed by atoms with E-state index in [0.29, 0.717) is 0 Å². The predicted octanol–water partition coefficient (Wildman–Crippen LogP) is 28.0. The second-order valence-corrected chi connectivity index (χ2v) is 26.2. The van der Waals surface area contributed by atoms with Gasteiger partial charge in [0.1, 0.15) is 33.5 Å². The average Bonchev–Trinajstić information content (AvgIpc) is 1.55. The summed E-state index contributed by atoms with van der Waals surface area (Å²) >= 11 is 0. The van der Waals surface area contributed by atoms with Gasteiger partial charge in [-0.05, 0) is 151 Å². The van der Waals surface area contributed by atoms with E-state index in [1.54, 1.807) is 0 Å². The van der Waals surface area contributed by atoms with Crippen molar-refractivity contribution in [1.29, 1.82) is 0 Å². The lowest BCUT2D eigenvalue weighted by Gasteiger charge is -2.27. The van der Waals surface area contributed by atoms with Crippen LogP contribution in [0.5, 0.6) is 0 Å². The van der Waals surface area contributed by atoms with Crippen molar-refractivity contribution < 1.29 is 17.7 Å². The van der Waals surface area contributed by atoms with Crippen molar-refractivity contribution in [2.75, 3.05) is 9.80 Å². The quantitative estimate of drug-likeness (QED) is 0.136. The van der Waals surface area contributed by atoms with E-state index in [1.165, 1.54) is 38.1 Å². The molecule has 0 aliphatic carbocycles. The number of fused-ring (bicyclic) bond motifs is 18. The van der Waals surface area contributed by atoms with Crippen molar-refractivity contribution in [3.63, 3.8) is 0 Å². The molecule has 0 saturated heterocycles. The van der Waals surface area contributed by atoms with Crippen molar-refractivity contribution in [1.82, 2.24) is 0 Å². The van der Waals surface area contributed by atoms with Crippen LogP contribution in [0.3, 0.4) is 0 Å². The Labute approximate surface area is 586 Å². The Balaban J connectivity index is 0.000000137. The summed E-state index contributed by atoms with van der Waals surface area (Å²) < 4.78 is 26.5. The highest BCUT2D eigenvalue weighted by Crippen LogP contribution is 2.49. The van der Waals surface area contributed by atoms with Crippen LogP contribution >= 0.6 is 0 Å². The number of para-hydroxylation sites is 5. The van der Waals surface area contributed by atoms with Gasteiger partial charge in [0.15, 0.2) is 11.2 Å². The first-order valence-electron chi connectivity index (χ1n) is 34.6. The number of hydrogen-bond acceptors (Lipinski definition) is 6. The minimum Gasteiger partial charge on any atom is -0.455 e. The molecule has 0 bridgehead atoms. The topological polar surface area (TPSA) is 59.0 Å². The summed E-state index contributed by atoms with van der Waals surface area (Å²) in [6.45, 7) is 0. The molecule has 6 heteroatoms. The van der Waals surface area contributed by atoms with Crippen LogP contribution in [0.4, 0.5) is 34.1 Å². The fourth-order valence-corrected chi connectivity index (χ4v) is 15.6. The third-order valence-electron chi connectivity index (χ3n) is 20.3. The lowest BCUT2D eigenvalue weighted by molar-refractivity contribution is 0.669. The van der Waals surface area contributed by atoms with Crippen LogP contribution in [0, 0.1) is 0 Å². The van der Waals surface area contributed by atoms with Crippen LogP contribution in [0.15, 0.2) is 382 Å². The molecule has 4 heterocycles. The molecule has 21 aromatic rings. The number of anilines is 6. The summed E-state index contributed by atoms with van der Waals surface area (Å²) in [5.41, 5.74) is 22.2. The highest BCUT2D eigenvalue weighted by Gasteiger charge is 2.25. The van der Waals surface area contributed by atoms with E-state index in [9.17, 15) is 0 Å². The van der Waals surface area contributed by atoms with Crippen LogP contribution in [0.1, 0.15) is 0 Å². The van der Waals surface area contributed by atoms with Crippen LogP contribution in [0.2, 0.25) is 0 Å². The molecule has 0 amide bonds. The zero-order valence-corrected chi connectivity index (χ0v) is 55.2. The van der Waals surface area contributed by atoms with E-state index < -0.39 is 0 Å². The lowest BCUT2D eigenvalue weighted by Crippen LogP contribution is -2.10. The number of furan rings is 4. The number of nitrogens with zero attached hydrogens (tertiary/aromatic N) is 2. The van der Waals surface area contributed by atoms with Gasteiger partial charge in [0.2, 0.25) is 0 Å². The Morgan fingerprint density at radius 2 is 0.569 bits per heavy atom. The first-order chi connectivity index (χ1) is 50.6. The third-order valence-corrected chi connectivity index (χ3v) is 20.3. The first-order valence-corrected chi connectivity index (χ1v) is 34.6. The molecule has 0 radical (unpaired) electrons. The van der Waals surface area contributed by atoms with Crippen molar-refractivity contribution in [3.05, 3.63) is 364 Å². The fraction of sp³-hybridized carbons (Fsp3) is 0. The molecule has 102 heavy (non-hydrogen) atoms. The lowest BCUT2D eigenvalue weighted by atomic mass is 9.99. The molecule has 0 aliphatic rings. The van der Waals surface area contributed by atoms with E-state index in [4.69, 9.17) is 17.7 Å². The SMILES string of the molecule is c1ccc(-c2cccc(N(c3ccc(-c4cccc5c4oc4ccc6ccccc6c45)cc3)c3cc4ccccc4c4c3oc3ccccc34)c2)cc1.c1ccc(-c2cccc(N(c3ccc(-c4cccc5c4oc4ccccc45)cc3)c3cccc4c3oc3ccc5ccccc5c34)c2)cc1. The Kier molecular flexibility index (Phi) is 13.8. The van der Waals surface area contributed by atoms with Gasteiger partial charge in [0.25, 0.3) is 0 Å². The van der Waals surface area contributed by atoms with Gasteiger partial charge in [0, 0.05) is 77.0 Å². The smallest absolute Gasteiger partial charge is 0.160 e. The second kappa shape index (κ2) is 24.1. The number of hydrogen-bond donors (Lipinski definition) is 0. The van der Waals surface area contributed by atoms with Crippen LogP contribution in [0.25, 0.3) is 165 Å². The Hall–Kier alpha value is -13.7. The van der Waals surface area contributed by atoms with E-state index in [0.717, 1.165) is 161 Å². The highest BCUT2D eigenvalue weighted by molar-refractivity contribution is 6.25. The molecule has 0 fully saturated rings. The molecule has 0 N–H and O–H groups in total. The molecule has 21 rings (SSSR count). The van der Waals surface area contributed by atoms with Crippen molar-refractivity contribution >= 4 is 154 Å². The normalized spacial score (nSPS) is 11.7. The van der Waals surface area contributed by atoms with E-state index in [2.05, 4.69) is 356 Å². The summed E-state index contributed by atoms with van der Waals surface area (Å²) in [5, 5.41) is 16.2. The molecule has 6 nitrogen and oxygen atoms in total. The minimum absolute atomic E-state index is 0.857. The van der Waals surface area contributed by atoms with Gasteiger partial charge in [0.05, 0.1) is 11.4 Å². The van der Waals surface area contributed by atoms with Gasteiger partial charge >= 0.3 is 0 Å². The molecule has 478 valence electrons. The van der Waals surface area contributed by atoms with Crippen LogP contribution in [-0.2, 0) is 0 Å². The predicted molar refractivity (Wildman–Crippen MR) is 426 cm³/mol. The van der Waals surface area contributed by atoms with Crippen molar-refractivity contribution in [3.8, 4) is 44.5 Å². The maximum atomic E-state index is 6.78. The highest BCUT2D eigenvalue weighted by atomic mass is 16.3. The van der Waals surface area contributed by atoms with Gasteiger partial charge in [-0.25, -0.2) is 0 Å². The summed E-state index contributed by atoms with van der Waals surface area (Å²) in [5.74, 6) is 0. The molecule has 4 aromatic heterocycles. The zero-order chi connectivity index (χ0) is 67.2. The minimum atomic E-state index is 0.857. The number of benzene rings is 17. The van der Waals surface area contributed by atoms with Gasteiger partial charge in [-0.3, -0.25) is 0 Å². The van der Waals surface area contributed by atoms with Gasteiger partial charge < -0.3 is 27.5 Å². The third kappa shape index (κ3) is 9.79. The zero-order valence-electron chi connectivity index (χ0n) is 55.2. The molecule has 0 spiro atoms. The summed E-state index contributed by atoms with van der Waals surface area (Å²) in [6.07, 6.45) is 0. The molecule has 0 saturated carbocycles. The summed E-state index contributed by atoms with van der Waals surface area (Å²) in [6, 6.07) is 128. The molecular weight excluding hydrogens is 1250 g/mol.